The van der Waals surface area contributed by atoms with Gasteiger partial charge in [0.1, 0.15) is 17.6 Å². The van der Waals surface area contributed by atoms with Crippen molar-refractivity contribution in [2.24, 2.45) is 0 Å². The standard InChI is InChI=1S/C16H18N2O4S/c1-20-13-7-11(8-14(9-13)21-2)15(19)18-5-3-12(10-18)22-16-17-4-6-23-16/h4,6-9,12H,3,5,10H2,1-2H3. The Bertz CT molecular complexity index is 652. The van der Waals surface area contributed by atoms with Gasteiger partial charge in [-0.1, -0.05) is 11.3 Å². The zero-order valence-electron chi connectivity index (χ0n) is 13.0. The summed E-state index contributed by atoms with van der Waals surface area (Å²) in [5.41, 5.74) is 0.552. The molecule has 3 rings (SSSR count). The van der Waals surface area contributed by atoms with Crippen LogP contribution in [0.15, 0.2) is 29.8 Å². The largest absolute Gasteiger partial charge is 0.497 e. The number of ether oxygens (including phenoxy) is 3. The summed E-state index contributed by atoms with van der Waals surface area (Å²) >= 11 is 1.46. The van der Waals surface area contributed by atoms with Gasteiger partial charge in [-0.2, -0.15) is 0 Å². The second-order valence-electron chi connectivity index (χ2n) is 5.18. The van der Waals surface area contributed by atoms with Crippen molar-refractivity contribution in [3.63, 3.8) is 0 Å². The first-order valence-corrected chi connectivity index (χ1v) is 8.16. The third kappa shape index (κ3) is 3.56. The minimum absolute atomic E-state index is 0.0161. The summed E-state index contributed by atoms with van der Waals surface area (Å²) in [7, 11) is 3.13. The van der Waals surface area contributed by atoms with Crippen LogP contribution < -0.4 is 14.2 Å². The van der Waals surface area contributed by atoms with E-state index in [2.05, 4.69) is 4.98 Å². The van der Waals surface area contributed by atoms with Gasteiger partial charge < -0.3 is 19.1 Å². The van der Waals surface area contributed by atoms with E-state index in [1.807, 2.05) is 5.38 Å². The molecule has 2 heterocycles. The van der Waals surface area contributed by atoms with Crippen LogP contribution in [0.3, 0.4) is 0 Å². The van der Waals surface area contributed by atoms with E-state index in [9.17, 15) is 4.79 Å². The lowest BCUT2D eigenvalue weighted by Gasteiger charge is -2.17. The SMILES string of the molecule is COc1cc(OC)cc(C(=O)N2CCC(Oc3nccs3)C2)c1. The summed E-state index contributed by atoms with van der Waals surface area (Å²) in [6.07, 6.45) is 2.49. The summed E-state index contributed by atoms with van der Waals surface area (Å²) in [4.78, 5) is 18.6. The summed E-state index contributed by atoms with van der Waals surface area (Å²) in [6.45, 7) is 1.21. The molecule has 1 atom stereocenters. The van der Waals surface area contributed by atoms with E-state index >= 15 is 0 Å². The Morgan fingerprint density at radius 2 is 2.00 bits per heavy atom. The Hall–Kier alpha value is -2.28. The zero-order chi connectivity index (χ0) is 16.2. The predicted octanol–water partition coefficient (Wildman–Crippen LogP) is 2.45. The number of rotatable bonds is 5. The van der Waals surface area contributed by atoms with Crippen molar-refractivity contribution >= 4 is 17.2 Å². The summed E-state index contributed by atoms with van der Waals surface area (Å²) in [5.74, 6) is 1.15. The molecule has 0 saturated carbocycles. The number of hydrogen-bond acceptors (Lipinski definition) is 6. The molecule has 0 bridgehead atoms. The van der Waals surface area contributed by atoms with Crippen molar-refractivity contribution in [1.29, 1.82) is 0 Å². The highest BCUT2D eigenvalue weighted by atomic mass is 32.1. The van der Waals surface area contributed by atoms with Crippen LogP contribution in [0.5, 0.6) is 16.7 Å². The molecule has 1 aliphatic rings. The van der Waals surface area contributed by atoms with Gasteiger partial charge in [0, 0.05) is 36.2 Å². The molecule has 2 aromatic rings. The number of hydrogen-bond donors (Lipinski definition) is 0. The van der Waals surface area contributed by atoms with Crippen molar-refractivity contribution in [2.45, 2.75) is 12.5 Å². The topological polar surface area (TPSA) is 60.9 Å². The Morgan fingerprint density at radius 3 is 2.61 bits per heavy atom. The molecule has 1 aliphatic heterocycles. The second kappa shape index (κ2) is 6.87. The fraction of sp³-hybridized carbons (Fsp3) is 0.375. The predicted molar refractivity (Wildman–Crippen MR) is 86.6 cm³/mol. The van der Waals surface area contributed by atoms with Crippen molar-refractivity contribution in [2.75, 3.05) is 27.3 Å². The molecule has 1 fully saturated rings. The van der Waals surface area contributed by atoms with Gasteiger partial charge in [-0.25, -0.2) is 4.98 Å². The highest BCUT2D eigenvalue weighted by molar-refractivity contribution is 7.11. The maximum atomic E-state index is 12.7. The molecular weight excluding hydrogens is 316 g/mol. The summed E-state index contributed by atoms with van der Waals surface area (Å²) in [6, 6.07) is 5.19. The first-order chi connectivity index (χ1) is 11.2. The Morgan fingerprint density at radius 1 is 1.26 bits per heavy atom. The van der Waals surface area contributed by atoms with E-state index in [1.54, 1.807) is 43.5 Å². The van der Waals surface area contributed by atoms with Crippen LogP contribution in [0.1, 0.15) is 16.8 Å². The Balaban J connectivity index is 1.69. The summed E-state index contributed by atoms with van der Waals surface area (Å²) in [5, 5.41) is 2.52. The van der Waals surface area contributed by atoms with E-state index in [4.69, 9.17) is 14.2 Å². The molecule has 1 aromatic heterocycles. The van der Waals surface area contributed by atoms with E-state index in [-0.39, 0.29) is 12.0 Å². The van der Waals surface area contributed by atoms with E-state index < -0.39 is 0 Å². The number of amides is 1. The number of carbonyl (C=O) groups excluding carboxylic acids is 1. The molecule has 0 N–H and O–H groups in total. The Kier molecular flexibility index (Phi) is 4.66. The highest BCUT2D eigenvalue weighted by Gasteiger charge is 2.29. The van der Waals surface area contributed by atoms with Crippen molar-refractivity contribution in [3.8, 4) is 16.7 Å². The fourth-order valence-electron chi connectivity index (χ4n) is 2.53. The van der Waals surface area contributed by atoms with Crippen molar-refractivity contribution in [1.82, 2.24) is 9.88 Å². The molecule has 1 unspecified atom stereocenters. The van der Waals surface area contributed by atoms with E-state index in [0.29, 0.717) is 35.3 Å². The third-order valence-corrected chi connectivity index (χ3v) is 4.37. The van der Waals surface area contributed by atoms with Gasteiger partial charge in [-0.05, 0) is 12.1 Å². The lowest BCUT2D eigenvalue weighted by molar-refractivity contribution is 0.0771. The number of likely N-dealkylation sites (tertiary alicyclic amines) is 1. The normalized spacial score (nSPS) is 17.1. The molecule has 1 aromatic carbocycles. The average molecular weight is 334 g/mol. The van der Waals surface area contributed by atoms with Crippen LogP contribution in [-0.4, -0.2) is 49.2 Å². The molecule has 1 amide bonds. The minimum atomic E-state index is -0.0487. The molecule has 7 heteroatoms. The van der Waals surface area contributed by atoms with Crippen LogP contribution in [0.4, 0.5) is 0 Å². The van der Waals surface area contributed by atoms with Gasteiger partial charge in [0.05, 0.1) is 20.8 Å². The van der Waals surface area contributed by atoms with Gasteiger partial charge in [0.25, 0.3) is 11.1 Å². The maximum absolute atomic E-state index is 12.7. The average Bonchev–Trinajstić information content (AvgIpc) is 3.26. The first-order valence-electron chi connectivity index (χ1n) is 7.28. The molecular formula is C16H18N2O4S. The number of thiazole rings is 1. The van der Waals surface area contributed by atoms with Crippen molar-refractivity contribution < 1.29 is 19.0 Å². The summed E-state index contributed by atoms with van der Waals surface area (Å²) < 4.78 is 16.2. The Labute approximate surface area is 138 Å². The van der Waals surface area contributed by atoms with Crippen LogP contribution in [0.2, 0.25) is 0 Å². The highest BCUT2D eigenvalue weighted by Crippen LogP contribution is 2.26. The number of methoxy groups -OCH3 is 2. The number of benzene rings is 1. The fourth-order valence-corrected chi connectivity index (χ4v) is 3.08. The molecule has 122 valence electrons. The molecule has 0 radical (unpaired) electrons. The van der Waals surface area contributed by atoms with Crippen molar-refractivity contribution in [3.05, 3.63) is 35.3 Å². The number of nitrogens with zero attached hydrogens (tertiary/aromatic N) is 2. The maximum Gasteiger partial charge on any atom is 0.273 e. The van der Waals surface area contributed by atoms with Gasteiger partial charge >= 0.3 is 0 Å². The number of aromatic nitrogens is 1. The molecule has 6 nitrogen and oxygen atoms in total. The lowest BCUT2D eigenvalue weighted by atomic mass is 10.1. The second-order valence-corrected chi connectivity index (χ2v) is 6.04. The first kappa shape index (κ1) is 15.6. The van der Waals surface area contributed by atoms with Gasteiger partial charge in [0.15, 0.2) is 0 Å². The van der Waals surface area contributed by atoms with Crippen LogP contribution >= 0.6 is 11.3 Å². The van der Waals surface area contributed by atoms with Crippen LogP contribution in [0.25, 0.3) is 0 Å². The zero-order valence-corrected chi connectivity index (χ0v) is 13.8. The molecule has 0 aliphatic carbocycles. The molecule has 1 saturated heterocycles. The smallest absolute Gasteiger partial charge is 0.273 e. The third-order valence-electron chi connectivity index (χ3n) is 3.71. The minimum Gasteiger partial charge on any atom is -0.497 e. The lowest BCUT2D eigenvalue weighted by Crippen LogP contribution is -2.31. The monoisotopic (exact) mass is 334 g/mol. The van der Waals surface area contributed by atoms with E-state index in [0.717, 1.165) is 6.42 Å². The van der Waals surface area contributed by atoms with Gasteiger partial charge in [0.2, 0.25) is 0 Å². The van der Waals surface area contributed by atoms with Gasteiger partial charge in [-0.3, -0.25) is 4.79 Å². The van der Waals surface area contributed by atoms with Crippen LogP contribution in [0, 0.1) is 0 Å². The number of carbonyl (C=O) groups is 1. The van der Waals surface area contributed by atoms with Crippen LogP contribution in [-0.2, 0) is 0 Å². The molecule has 0 spiro atoms. The van der Waals surface area contributed by atoms with Gasteiger partial charge in [-0.15, -0.1) is 0 Å². The van der Waals surface area contributed by atoms with E-state index in [1.165, 1.54) is 11.3 Å². The molecule has 23 heavy (non-hydrogen) atoms. The quantitative estimate of drug-likeness (QED) is 0.840.